The first-order valence-electron chi connectivity index (χ1n) is 7.06. The maximum atomic E-state index is 12.0. The van der Waals surface area contributed by atoms with Crippen molar-refractivity contribution in [2.24, 2.45) is 0 Å². The molecule has 0 aromatic heterocycles. The molecule has 1 rings (SSSR count). The maximum absolute atomic E-state index is 12.0. The standard InChI is InChI=1S/C16H23NO3/c1-3-17(13-12-14-8-5-4-6-9-14)15(18)10-7-11-16(19)20-2/h4-6,8-9H,3,7,10-13H2,1-2H3. The Kier molecular flexibility index (Phi) is 7.40. The van der Waals surface area contributed by atoms with Gasteiger partial charge in [-0.15, -0.1) is 0 Å². The van der Waals surface area contributed by atoms with Crippen LogP contribution in [0.4, 0.5) is 0 Å². The van der Waals surface area contributed by atoms with E-state index in [0.29, 0.717) is 25.8 Å². The zero-order valence-corrected chi connectivity index (χ0v) is 12.3. The van der Waals surface area contributed by atoms with Crippen molar-refractivity contribution in [3.63, 3.8) is 0 Å². The van der Waals surface area contributed by atoms with Crippen molar-refractivity contribution in [2.45, 2.75) is 32.6 Å². The Balaban J connectivity index is 2.33. The molecule has 0 fully saturated rings. The molecular weight excluding hydrogens is 254 g/mol. The van der Waals surface area contributed by atoms with Crippen LogP contribution in [0.25, 0.3) is 0 Å². The van der Waals surface area contributed by atoms with Crippen LogP contribution in [0.5, 0.6) is 0 Å². The van der Waals surface area contributed by atoms with Crippen molar-refractivity contribution in [1.29, 1.82) is 0 Å². The molecule has 0 aliphatic rings. The predicted molar refractivity (Wildman–Crippen MR) is 78.3 cm³/mol. The van der Waals surface area contributed by atoms with Crippen LogP contribution in [0, 0.1) is 0 Å². The summed E-state index contributed by atoms with van der Waals surface area (Å²) in [5, 5.41) is 0. The topological polar surface area (TPSA) is 46.6 Å². The number of hydrogen-bond donors (Lipinski definition) is 0. The van der Waals surface area contributed by atoms with Gasteiger partial charge >= 0.3 is 5.97 Å². The minimum absolute atomic E-state index is 0.104. The molecule has 0 heterocycles. The molecule has 0 unspecified atom stereocenters. The van der Waals surface area contributed by atoms with Crippen molar-refractivity contribution in [2.75, 3.05) is 20.2 Å². The zero-order chi connectivity index (χ0) is 14.8. The summed E-state index contributed by atoms with van der Waals surface area (Å²) in [5.74, 6) is -0.155. The molecule has 110 valence electrons. The SMILES string of the molecule is CCN(CCc1ccccc1)C(=O)CCCC(=O)OC. The number of ether oxygens (including phenoxy) is 1. The highest BCUT2D eigenvalue weighted by Crippen LogP contribution is 2.05. The molecule has 0 bridgehead atoms. The van der Waals surface area contributed by atoms with E-state index in [0.717, 1.165) is 13.0 Å². The molecule has 1 aromatic carbocycles. The molecule has 4 nitrogen and oxygen atoms in total. The van der Waals surface area contributed by atoms with Crippen molar-refractivity contribution >= 4 is 11.9 Å². The van der Waals surface area contributed by atoms with E-state index < -0.39 is 0 Å². The minimum atomic E-state index is -0.259. The first kappa shape index (κ1) is 16.2. The van der Waals surface area contributed by atoms with Gasteiger partial charge in [0.1, 0.15) is 0 Å². The molecule has 0 aliphatic heterocycles. The minimum Gasteiger partial charge on any atom is -0.469 e. The van der Waals surface area contributed by atoms with Crippen LogP contribution >= 0.6 is 0 Å². The normalized spacial score (nSPS) is 10.1. The van der Waals surface area contributed by atoms with E-state index in [1.807, 2.05) is 30.0 Å². The lowest BCUT2D eigenvalue weighted by Gasteiger charge is -2.20. The smallest absolute Gasteiger partial charge is 0.305 e. The number of esters is 1. The fourth-order valence-corrected chi connectivity index (χ4v) is 2.01. The van der Waals surface area contributed by atoms with Gasteiger partial charge in [-0.25, -0.2) is 0 Å². The molecule has 1 amide bonds. The monoisotopic (exact) mass is 277 g/mol. The molecule has 0 N–H and O–H groups in total. The summed E-state index contributed by atoms with van der Waals surface area (Å²) in [6, 6.07) is 10.1. The van der Waals surface area contributed by atoms with Crippen LogP contribution in [0.1, 0.15) is 31.7 Å². The third-order valence-corrected chi connectivity index (χ3v) is 3.25. The number of rotatable bonds is 8. The van der Waals surface area contributed by atoms with E-state index in [-0.39, 0.29) is 11.9 Å². The first-order valence-corrected chi connectivity index (χ1v) is 7.06. The summed E-state index contributed by atoms with van der Waals surface area (Å²) < 4.78 is 4.56. The summed E-state index contributed by atoms with van der Waals surface area (Å²) in [4.78, 5) is 24.9. The molecule has 0 atom stereocenters. The highest BCUT2D eigenvalue weighted by molar-refractivity contribution is 5.77. The van der Waals surface area contributed by atoms with Crippen LogP contribution in [-0.2, 0) is 20.7 Å². The Bertz CT molecular complexity index is 417. The van der Waals surface area contributed by atoms with E-state index in [4.69, 9.17) is 0 Å². The Hall–Kier alpha value is -1.84. The van der Waals surface area contributed by atoms with Crippen LogP contribution < -0.4 is 0 Å². The molecular formula is C16H23NO3. The van der Waals surface area contributed by atoms with Gasteiger partial charge < -0.3 is 9.64 Å². The average Bonchev–Trinajstić information content (AvgIpc) is 2.48. The Morgan fingerprint density at radius 3 is 2.45 bits per heavy atom. The Labute approximate surface area is 120 Å². The van der Waals surface area contributed by atoms with Gasteiger partial charge in [0.2, 0.25) is 5.91 Å². The van der Waals surface area contributed by atoms with Gasteiger partial charge in [0.05, 0.1) is 7.11 Å². The number of nitrogens with zero attached hydrogens (tertiary/aromatic N) is 1. The molecule has 0 spiro atoms. The lowest BCUT2D eigenvalue weighted by Crippen LogP contribution is -2.32. The van der Waals surface area contributed by atoms with Gasteiger partial charge in [0.25, 0.3) is 0 Å². The van der Waals surface area contributed by atoms with Crippen LogP contribution in [-0.4, -0.2) is 37.0 Å². The fraction of sp³-hybridized carbons (Fsp3) is 0.500. The van der Waals surface area contributed by atoms with Crippen molar-refractivity contribution in [3.05, 3.63) is 35.9 Å². The van der Waals surface area contributed by atoms with E-state index >= 15 is 0 Å². The van der Waals surface area contributed by atoms with Crippen LogP contribution in [0.3, 0.4) is 0 Å². The van der Waals surface area contributed by atoms with Crippen LogP contribution in [0.2, 0.25) is 0 Å². The second-order valence-electron chi connectivity index (χ2n) is 4.64. The average molecular weight is 277 g/mol. The van der Waals surface area contributed by atoms with Gasteiger partial charge in [-0.05, 0) is 25.3 Å². The van der Waals surface area contributed by atoms with Crippen molar-refractivity contribution in [1.82, 2.24) is 4.90 Å². The summed E-state index contributed by atoms with van der Waals surface area (Å²) in [7, 11) is 1.36. The summed E-state index contributed by atoms with van der Waals surface area (Å²) >= 11 is 0. The second kappa shape index (κ2) is 9.13. The van der Waals surface area contributed by atoms with Gasteiger partial charge in [0.15, 0.2) is 0 Å². The number of amides is 1. The molecule has 0 aliphatic carbocycles. The number of hydrogen-bond acceptors (Lipinski definition) is 3. The third kappa shape index (κ3) is 5.87. The summed E-state index contributed by atoms with van der Waals surface area (Å²) in [6.45, 7) is 3.39. The quantitative estimate of drug-likeness (QED) is 0.686. The molecule has 4 heteroatoms. The number of carbonyl (C=O) groups is 2. The predicted octanol–water partition coefficient (Wildman–Crippen LogP) is 2.42. The largest absolute Gasteiger partial charge is 0.469 e. The van der Waals surface area contributed by atoms with Gasteiger partial charge in [-0.3, -0.25) is 9.59 Å². The lowest BCUT2D eigenvalue weighted by atomic mass is 10.1. The molecule has 0 radical (unpaired) electrons. The van der Waals surface area contributed by atoms with E-state index in [2.05, 4.69) is 16.9 Å². The van der Waals surface area contributed by atoms with E-state index in [9.17, 15) is 9.59 Å². The van der Waals surface area contributed by atoms with Crippen molar-refractivity contribution in [3.8, 4) is 0 Å². The Morgan fingerprint density at radius 1 is 1.15 bits per heavy atom. The summed E-state index contributed by atoms with van der Waals surface area (Å²) in [6.07, 6.45) is 2.11. The van der Waals surface area contributed by atoms with E-state index in [1.165, 1.54) is 12.7 Å². The fourth-order valence-electron chi connectivity index (χ4n) is 2.01. The van der Waals surface area contributed by atoms with Gasteiger partial charge in [-0.2, -0.15) is 0 Å². The number of methoxy groups -OCH3 is 1. The third-order valence-electron chi connectivity index (χ3n) is 3.25. The number of carbonyl (C=O) groups excluding carboxylic acids is 2. The molecule has 20 heavy (non-hydrogen) atoms. The highest BCUT2D eigenvalue weighted by atomic mass is 16.5. The highest BCUT2D eigenvalue weighted by Gasteiger charge is 2.12. The molecule has 0 saturated carbocycles. The van der Waals surface area contributed by atoms with Crippen molar-refractivity contribution < 1.29 is 14.3 Å². The zero-order valence-electron chi connectivity index (χ0n) is 12.3. The van der Waals surface area contributed by atoms with Crippen LogP contribution in [0.15, 0.2) is 30.3 Å². The molecule has 1 aromatic rings. The maximum Gasteiger partial charge on any atom is 0.305 e. The van der Waals surface area contributed by atoms with Gasteiger partial charge in [-0.1, -0.05) is 30.3 Å². The lowest BCUT2D eigenvalue weighted by molar-refractivity contribution is -0.140. The number of likely N-dealkylation sites (N-methyl/N-ethyl adjacent to an activating group) is 1. The second-order valence-corrected chi connectivity index (χ2v) is 4.64. The Morgan fingerprint density at radius 2 is 1.85 bits per heavy atom. The first-order chi connectivity index (χ1) is 9.67. The van der Waals surface area contributed by atoms with Gasteiger partial charge in [0, 0.05) is 25.9 Å². The molecule has 0 saturated heterocycles. The number of benzene rings is 1. The summed E-state index contributed by atoms with van der Waals surface area (Å²) in [5.41, 5.74) is 1.23. The van der Waals surface area contributed by atoms with E-state index in [1.54, 1.807) is 0 Å².